The second-order valence-electron chi connectivity index (χ2n) is 5.84. The Morgan fingerprint density at radius 3 is 2.73 bits per heavy atom. The van der Waals surface area contributed by atoms with Crippen molar-refractivity contribution >= 4 is 11.9 Å². The smallest absolute Gasteiger partial charge is 0.308 e. The van der Waals surface area contributed by atoms with Gasteiger partial charge in [0.25, 0.3) is 0 Å². The molecule has 5 heteroatoms. The topological polar surface area (TPSA) is 75.6 Å². The van der Waals surface area contributed by atoms with Gasteiger partial charge < -0.3 is 15.2 Å². The van der Waals surface area contributed by atoms with E-state index in [0.717, 1.165) is 18.6 Å². The number of nitrogens with one attached hydrogen (secondary N) is 1. The Balaban J connectivity index is 1.74. The Kier molecular flexibility index (Phi) is 5.81. The minimum atomic E-state index is -0.817. The number of para-hydroxylation sites is 1. The average molecular weight is 305 g/mol. The first-order chi connectivity index (χ1) is 10.6. The van der Waals surface area contributed by atoms with Crippen molar-refractivity contribution in [1.29, 1.82) is 0 Å². The van der Waals surface area contributed by atoms with Gasteiger partial charge in [-0.3, -0.25) is 9.59 Å². The third-order valence-electron chi connectivity index (χ3n) is 4.17. The zero-order valence-corrected chi connectivity index (χ0v) is 12.8. The van der Waals surface area contributed by atoms with E-state index >= 15 is 0 Å². The molecule has 120 valence electrons. The van der Waals surface area contributed by atoms with Gasteiger partial charge in [-0.25, -0.2) is 0 Å². The normalized spacial score (nSPS) is 22.0. The Morgan fingerprint density at radius 2 is 2.05 bits per heavy atom. The van der Waals surface area contributed by atoms with Crippen molar-refractivity contribution in [3.05, 3.63) is 30.3 Å². The number of amides is 1. The van der Waals surface area contributed by atoms with Crippen molar-refractivity contribution in [1.82, 2.24) is 5.32 Å². The van der Waals surface area contributed by atoms with E-state index in [1.165, 1.54) is 0 Å². The predicted molar refractivity (Wildman–Crippen MR) is 82.6 cm³/mol. The zero-order valence-electron chi connectivity index (χ0n) is 12.8. The molecule has 0 aromatic heterocycles. The van der Waals surface area contributed by atoms with Gasteiger partial charge in [0.15, 0.2) is 0 Å². The van der Waals surface area contributed by atoms with Crippen molar-refractivity contribution in [2.24, 2.45) is 11.8 Å². The maximum absolute atomic E-state index is 12.1. The van der Waals surface area contributed by atoms with Gasteiger partial charge in [0.05, 0.1) is 12.5 Å². The van der Waals surface area contributed by atoms with Crippen molar-refractivity contribution in [3.8, 4) is 5.75 Å². The quantitative estimate of drug-likeness (QED) is 0.811. The standard InChI is InChI=1S/C17H23NO4/c1-12(10-11-22-13-6-3-2-4-7-13)16(19)18-15-9-5-8-14(15)17(20)21/h2-4,6-7,12,14-15H,5,8-11H2,1H3,(H,18,19)(H,20,21)/t12?,14-,15+/m0/s1. The summed E-state index contributed by atoms with van der Waals surface area (Å²) in [5, 5.41) is 12.0. The molecule has 1 amide bonds. The number of carbonyl (C=O) groups is 2. The second kappa shape index (κ2) is 7.82. The van der Waals surface area contributed by atoms with Crippen LogP contribution in [-0.2, 0) is 9.59 Å². The molecule has 5 nitrogen and oxygen atoms in total. The Labute approximate surface area is 130 Å². The van der Waals surface area contributed by atoms with E-state index in [-0.39, 0.29) is 17.9 Å². The fourth-order valence-corrected chi connectivity index (χ4v) is 2.75. The first kappa shape index (κ1) is 16.3. The highest BCUT2D eigenvalue weighted by Crippen LogP contribution is 2.26. The molecule has 1 aromatic carbocycles. The molecule has 1 aromatic rings. The van der Waals surface area contributed by atoms with Crippen LogP contribution in [0, 0.1) is 11.8 Å². The molecule has 3 atom stereocenters. The summed E-state index contributed by atoms with van der Waals surface area (Å²) in [7, 11) is 0. The summed E-state index contributed by atoms with van der Waals surface area (Å²) in [5.74, 6) is -0.759. The van der Waals surface area contributed by atoms with Crippen LogP contribution >= 0.6 is 0 Å². The number of carbonyl (C=O) groups excluding carboxylic acids is 1. The number of aliphatic carboxylic acids is 1. The van der Waals surface area contributed by atoms with Crippen LogP contribution in [0.15, 0.2) is 30.3 Å². The minimum Gasteiger partial charge on any atom is -0.494 e. The Bertz CT molecular complexity index is 503. The zero-order chi connectivity index (χ0) is 15.9. The molecule has 0 spiro atoms. The van der Waals surface area contributed by atoms with Crippen LogP contribution in [0.5, 0.6) is 5.75 Å². The third-order valence-corrected chi connectivity index (χ3v) is 4.17. The molecule has 1 saturated carbocycles. The highest BCUT2D eigenvalue weighted by molar-refractivity contribution is 5.80. The van der Waals surface area contributed by atoms with Crippen molar-refractivity contribution in [2.75, 3.05) is 6.61 Å². The summed E-state index contributed by atoms with van der Waals surface area (Å²) >= 11 is 0. The number of carboxylic acids is 1. The molecule has 0 radical (unpaired) electrons. The number of carboxylic acid groups (broad SMARTS) is 1. The van der Waals surface area contributed by atoms with Gasteiger partial charge in [0, 0.05) is 12.0 Å². The molecule has 2 rings (SSSR count). The molecule has 2 N–H and O–H groups in total. The summed E-state index contributed by atoms with van der Waals surface area (Å²) in [6.07, 6.45) is 2.85. The van der Waals surface area contributed by atoms with Crippen LogP contribution in [0.2, 0.25) is 0 Å². The van der Waals surface area contributed by atoms with E-state index in [0.29, 0.717) is 19.4 Å². The van der Waals surface area contributed by atoms with E-state index in [2.05, 4.69) is 5.32 Å². The van der Waals surface area contributed by atoms with Crippen LogP contribution in [0.3, 0.4) is 0 Å². The molecule has 0 bridgehead atoms. The molecule has 0 heterocycles. The van der Waals surface area contributed by atoms with Crippen LogP contribution < -0.4 is 10.1 Å². The minimum absolute atomic E-state index is 0.0881. The highest BCUT2D eigenvalue weighted by atomic mass is 16.5. The monoisotopic (exact) mass is 305 g/mol. The number of benzene rings is 1. The SMILES string of the molecule is CC(CCOc1ccccc1)C(=O)N[C@@H]1CCC[C@@H]1C(=O)O. The molecular formula is C17H23NO4. The van der Waals surface area contributed by atoms with Gasteiger partial charge in [-0.15, -0.1) is 0 Å². The molecule has 1 aliphatic rings. The van der Waals surface area contributed by atoms with E-state index < -0.39 is 11.9 Å². The third kappa shape index (κ3) is 4.48. The maximum atomic E-state index is 12.1. The molecule has 22 heavy (non-hydrogen) atoms. The van der Waals surface area contributed by atoms with Gasteiger partial charge in [0.2, 0.25) is 5.91 Å². The van der Waals surface area contributed by atoms with Crippen LogP contribution in [0.4, 0.5) is 0 Å². The van der Waals surface area contributed by atoms with Crippen LogP contribution in [0.25, 0.3) is 0 Å². The fraction of sp³-hybridized carbons (Fsp3) is 0.529. The molecule has 0 aliphatic heterocycles. The summed E-state index contributed by atoms with van der Waals surface area (Å²) in [4.78, 5) is 23.3. The lowest BCUT2D eigenvalue weighted by Gasteiger charge is -2.20. The van der Waals surface area contributed by atoms with Crippen molar-refractivity contribution < 1.29 is 19.4 Å². The van der Waals surface area contributed by atoms with Crippen molar-refractivity contribution in [3.63, 3.8) is 0 Å². The van der Waals surface area contributed by atoms with E-state index in [9.17, 15) is 9.59 Å². The number of hydrogen-bond donors (Lipinski definition) is 2. The summed E-state index contributed by atoms with van der Waals surface area (Å²) in [5.41, 5.74) is 0. The van der Waals surface area contributed by atoms with Crippen molar-refractivity contribution in [2.45, 2.75) is 38.6 Å². The number of hydrogen-bond acceptors (Lipinski definition) is 3. The van der Waals surface area contributed by atoms with Crippen LogP contribution in [-0.4, -0.2) is 29.6 Å². The van der Waals surface area contributed by atoms with Gasteiger partial charge in [-0.2, -0.15) is 0 Å². The molecule has 1 aliphatic carbocycles. The van der Waals surface area contributed by atoms with Gasteiger partial charge >= 0.3 is 5.97 Å². The lowest BCUT2D eigenvalue weighted by atomic mass is 10.0. The molecule has 1 fully saturated rings. The van der Waals surface area contributed by atoms with Gasteiger partial charge in [0.1, 0.15) is 5.75 Å². The summed E-state index contributed by atoms with van der Waals surface area (Å²) in [6.45, 7) is 2.31. The molecule has 0 saturated heterocycles. The highest BCUT2D eigenvalue weighted by Gasteiger charge is 2.34. The predicted octanol–water partition coefficient (Wildman–Crippen LogP) is 2.46. The first-order valence-corrected chi connectivity index (χ1v) is 7.79. The molecular weight excluding hydrogens is 282 g/mol. The van der Waals surface area contributed by atoms with Gasteiger partial charge in [-0.05, 0) is 31.4 Å². The van der Waals surface area contributed by atoms with Crippen LogP contribution in [0.1, 0.15) is 32.6 Å². The number of ether oxygens (including phenoxy) is 1. The first-order valence-electron chi connectivity index (χ1n) is 7.79. The average Bonchev–Trinajstić information content (AvgIpc) is 2.96. The molecule has 1 unspecified atom stereocenters. The lowest BCUT2D eigenvalue weighted by molar-refractivity contribution is -0.142. The van der Waals surface area contributed by atoms with E-state index in [4.69, 9.17) is 9.84 Å². The largest absolute Gasteiger partial charge is 0.494 e. The van der Waals surface area contributed by atoms with Gasteiger partial charge in [-0.1, -0.05) is 31.5 Å². The summed E-state index contributed by atoms with van der Waals surface area (Å²) < 4.78 is 5.58. The van der Waals surface area contributed by atoms with E-state index in [1.54, 1.807) is 0 Å². The summed E-state index contributed by atoms with van der Waals surface area (Å²) in [6, 6.07) is 9.24. The second-order valence-corrected chi connectivity index (χ2v) is 5.84. The number of rotatable bonds is 7. The Hall–Kier alpha value is -2.04. The fourth-order valence-electron chi connectivity index (χ4n) is 2.75. The maximum Gasteiger partial charge on any atom is 0.308 e. The lowest BCUT2D eigenvalue weighted by Crippen LogP contribution is -2.42. The van der Waals surface area contributed by atoms with E-state index in [1.807, 2.05) is 37.3 Å². The Morgan fingerprint density at radius 1 is 1.32 bits per heavy atom.